The van der Waals surface area contributed by atoms with Gasteiger partial charge in [0.1, 0.15) is 0 Å². The van der Waals surface area contributed by atoms with Gasteiger partial charge in [-0.1, -0.05) is 13.8 Å². The molecule has 1 fully saturated rings. The minimum atomic E-state index is 0. The van der Waals surface area contributed by atoms with E-state index in [-0.39, 0.29) is 12.4 Å². The third-order valence-electron chi connectivity index (χ3n) is 2.09. The summed E-state index contributed by atoms with van der Waals surface area (Å²) < 4.78 is 5.26. The first-order valence-corrected chi connectivity index (χ1v) is 3.87. The predicted molar refractivity (Wildman–Crippen MR) is 49.3 cm³/mol. The quantitative estimate of drug-likeness (QED) is 0.658. The summed E-state index contributed by atoms with van der Waals surface area (Å²) in [6.07, 6.45) is 1.60. The van der Waals surface area contributed by atoms with E-state index in [1.165, 1.54) is 6.42 Å². The van der Waals surface area contributed by atoms with Crippen molar-refractivity contribution in [3.05, 3.63) is 0 Å². The summed E-state index contributed by atoms with van der Waals surface area (Å²) in [4.78, 5) is 0. The average molecular weight is 180 g/mol. The molecule has 0 aromatic carbocycles. The Kier molecular flexibility index (Phi) is 4.37. The lowest BCUT2D eigenvalue weighted by Gasteiger charge is -2.34. The van der Waals surface area contributed by atoms with Gasteiger partial charge in [0.05, 0.1) is 6.10 Å². The lowest BCUT2D eigenvalue weighted by atomic mass is 9.84. The Morgan fingerprint density at radius 1 is 1.45 bits per heavy atom. The highest BCUT2D eigenvalue weighted by Crippen LogP contribution is 2.25. The fourth-order valence-corrected chi connectivity index (χ4v) is 1.50. The first-order valence-electron chi connectivity index (χ1n) is 3.87. The first kappa shape index (κ1) is 11.2. The second-order valence-corrected chi connectivity index (χ2v) is 3.86. The van der Waals surface area contributed by atoms with Gasteiger partial charge in [-0.05, 0) is 11.8 Å². The zero-order chi connectivity index (χ0) is 7.61. The Morgan fingerprint density at radius 3 is 2.45 bits per heavy atom. The van der Waals surface area contributed by atoms with E-state index in [0.29, 0.717) is 11.5 Å². The van der Waals surface area contributed by atoms with Gasteiger partial charge in [-0.3, -0.25) is 0 Å². The van der Waals surface area contributed by atoms with Crippen molar-refractivity contribution in [3.63, 3.8) is 0 Å². The molecule has 3 heteroatoms. The van der Waals surface area contributed by atoms with Crippen molar-refractivity contribution in [1.29, 1.82) is 0 Å². The van der Waals surface area contributed by atoms with Crippen LogP contribution in [0.4, 0.5) is 0 Å². The monoisotopic (exact) mass is 179 g/mol. The lowest BCUT2D eigenvalue weighted by Crippen LogP contribution is -2.44. The molecule has 0 amide bonds. The minimum Gasteiger partial charge on any atom is -0.380 e. The van der Waals surface area contributed by atoms with Crippen LogP contribution in [0.25, 0.3) is 0 Å². The van der Waals surface area contributed by atoms with Crippen molar-refractivity contribution >= 4 is 12.4 Å². The van der Waals surface area contributed by atoms with Gasteiger partial charge in [0, 0.05) is 20.2 Å². The van der Waals surface area contributed by atoms with E-state index in [0.717, 1.165) is 13.1 Å². The Bertz CT molecular complexity index is 117. The molecule has 0 saturated carbocycles. The summed E-state index contributed by atoms with van der Waals surface area (Å²) in [6.45, 7) is 6.67. The molecule has 0 radical (unpaired) electrons. The van der Waals surface area contributed by atoms with Gasteiger partial charge in [0.15, 0.2) is 0 Å². The van der Waals surface area contributed by atoms with E-state index in [1.807, 2.05) is 0 Å². The first-order chi connectivity index (χ1) is 4.64. The molecule has 1 rings (SSSR count). The average Bonchev–Trinajstić information content (AvgIpc) is 1.86. The van der Waals surface area contributed by atoms with Crippen molar-refractivity contribution in [2.24, 2.45) is 5.41 Å². The van der Waals surface area contributed by atoms with Crippen LogP contribution >= 0.6 is 12.4 Å². The zero-order valence-electron chi connectivity index (χ0n) is 7.52. The number of piperidine rings is 1. The molecule has 1 heterocycles. The van der Waals surface area contributed by atoms with Gasteiger partial charge in [-0.25, -0.2) is 0 Å². The van der Waals surface area contributed by atoms with Crippen LogP contribution in [0.5, 0.6) is 0 Å². The molecule has 2 nitrogen and oxygen atoms in total. The molecule has 1 N–H and O–H groups in total. The predicted octanol–water partition coefficient (Wildman–Crippen LogP) is 1.44. The topological polar surface area (TPSA) is 21.3 Å². The number of nitrogens with one attached hydrogen (secondary N) is 1. The molecule has 1 aliphatic heterocycles. The molecular weight excluding hydrogens is 162 g/mol. The van der Waals surface area contributed by atoms with Crippen molar-refractivity contribution in [2.75, 3.05) is 20.2 Å². The number of methoxy groups -OCH3 is 1. The number of hydrogen-bond donors (Lipinski definition) is 1. The summed E-state index contributed by atoms with van der Waals surface area (Å²) in [7, 11) is 1.79. The molecule has 0 aromatic rings. The van der Waals surface area contributed by atoms with Gasteiger partial charge < -0.3 is 10.1 Å². The molecule has 11 heavy (non-hydrogen) atoms. The van der Waals surface area contributed by atoms with E-state index < -0.39 is 0 Å². The van der Waals surface area contributed by atoms with Crippen molar-refractivity contribution in [1.82, 2.24) is 5.32 Å². The summed E-state index contributed by atoms with van der Waals surface area (Å²) in [5.41, 5.74) is 0.416. The highest BCUT2D eigenvalue weighted by atomic mass is 35.5. The molecule has 1 saturated heterocycles. The van der Waals surface area contributed by atoms with Crippen LogP contribution in [0.1, 0.15) is 20.3 Å². The van der Waals surface area contributed by atoms with E-state index in [1.54, 1.807) is 7.11 Å². The second kappa shape index (κ2) is 4.29. The molecule has 0 bridgehead atoms. The smallest absolute Gasteiger partial charge is 0.0701 e. The normalized spacial score (nSPS) is 29.2. The molecule has 68 valence electrons. The van der Waals surface area contributed by atoms with Crippen LogP contribution in [0.3, 0.4) is 0 Å². The van der Waals surface area contributed by atoms with Gasteiger partial charge in [0.2, 0.25) is 0 Å². The van der Waals surface area contributed by atoms with Crippen molar-refractivity contribution in [3.8, 4) is 0 Å². The fourth-order valence-electron chi connectivity index (χ4n) is 1.50. The van der Waals surface area contributed by atoms with Gasteiger partial charge in [0.25, 0.3) is 0 Å². The zero-order valence-corrected chi connectivity index (χ0v) is 8.33. The van der Waals surface area contributed by atoms with Gasteiger partial charge in [-0.15, -0.1) is 12.4 Å². The number of ether oxygens (including phenoxy) is 1. The van der Waals surface area contributed by atoms with Crippen LogP contribution in [0.2, 0.25) is 0 Å². The third-order valence-corrected chi connectivity index (χ3v) is 2.09. The Hall–Kier alpha value is 0.210. The second-order valence-electron chi connectivity index (χ2n) is 3.86. The van der Waals surface area contributed by atoms with Crippen LogP contribution in [0.15, 0.2) is 0 Å². The maximum absolute atomic E-state index is 5.26. The molecular formula is C8H18ClNO. The van der Waals surface area contributed by atoms with E-state index in [2.05, 4.69) is 19.2 Å². The maximum Gasteiger partial charge on any atom is 0.0701 e. The summed E-state index contributed by atoms with van der Waals surface area (Å²) in [5.74, 6) is 0. The Balaban J connectivity index is 0.000001000. The Morgan fingerprint density at radius 2 is 2.09 bits per heavy atom. The SMILES string of the molecule is COC1CNCC(C)(C)C1.Cl. The van der Waals surface area contributed by atoms with E-state index >= 15 is 0 Å². The number of halogens is 1. The summed E-state index contributed by atoms with van der Waals surface area (Å²) in [5, 5.41) is 3.35. The van der Waals surface area contributed by atoms with Crippen molar-refractivity contribution < 1.29 is 4.74 Å². The lowest BCUT2D eigenvalue weighted by molar-refractivity contribution is 0.0380. The molecule has 0 spiro atoms. The van der Waals surface area contributed by atoms with Gasteiger partial charge >= 0.3 is 0 Å². The fraction of sp³-hybridized carbons (Fsp3) is 1.00. The highest BCUT2D eigenvalue weighted by Gasteiger charge is 2.27. The highest BCUT2D eigenvalue weighted by molar-refractivity contribution is 5.85. The van der Waals surface area contributed by atoms with E-state index in [4.69, 9.17) is 4.74 Å². The molecule has 0 aromatic heterocycles. The van der Waals surface area contributed by atoms with E-state index in [9.17, 15) is 0 Å². The molecule has 1 aliphatic rings. The summed E-state index contributed by atoms with van der Waals surface area (Å²) >= 11 is 0. The maximum atomic E-state index is 5.26. The summed E-state index contributed by atoms with van der Waals surface area (Å²) in [6, 6.07) is 0. The standard InChI is InChI=1S/C8H17NO.ClH/c1-8(2)4-7(10-3)5-9-6-8;/h7,9H,4-6H2,1-3H3;1H. The number of rotatable bonds is 1. The van der Waals surface area contributed by atoms with Crippen LogP contribution in [0, 0.1) is 5.41 Å². The van der Waals surface area contributed by atoms with Crippen molar-refractivity contribution in [2.45, 2.75) is 26.4 Å². The third kappa shape index (κ3) is 3.41. The minimum absolute atomic E-state index is 0. The van der Waals surface area contributed by atoms with Gasteiger partial charge in [-0.2, -0.15) is 0 Å². The Labute approximate surface area is 75.1 Å². The molecule has 0 aliphatic carbocycles. The molecule has 1 atom stereocenters. The van der Waals surface area contributed by atoms with Crippen LogP contribution < -0.4 is 5.32 Å². The molecule has 1 unspecified atom stereocenters. The van der Waals surface area contributed by atoms with Crippen LogP contribution in [-0.2, 0) is 4.74 Å². The largest absolute Gasteiger partial charge is 0.380 e. The van der Waals surface area contributed by atoms with Crippen LogP contribution in [-0.4, -0.2) is 26.3 Å². The number of hydrogen-bond acceptors (Lipinski definition) is 2.